The lowest BCUT2D eigenvalue weighted by Crippen LogP contribution is -2.04. The van der Waals surface area contributed by atoms with Gasteiger partial charge in [0.15, 0.2) is 0 Å². The highest BCUT2D eigenvalue weighted by Crippen LogP contribution is 2.39. The van der Waals surface area contributed by atoms with E-state index in [1.165, 1.54) is 16.6 Å². The van der Waals surface area contributed by atoms with E-state index in [-0.39, 0.29) is 0 Å². The van der Waals surface area contributed by atoms with Crippen LogP contribution in [0, 0.1) is 22.7 Å². The molecule has 0 saturated heterocycles. The van der Waals surface area contributed by atoms with Crippen molar-refractivity contribution in [2.24, 2.45) is 0 Å². The van der Waals surface area contributed by atoms with Gasteiger partial charge in [0, 0.05) is 44.2 Å². The lowest BCUT2D eigenvalue weighted by atomic mass is 9.97. The maximum absolute atomic E-state index is 10.5. The second-order valence-electron chi connectivity index (χ2n) is 10.7. The minimum atomic E-state index is 0.630. The maximum atomic E-state index is 10.5. The fourth-order valence-electron chi connectivity index (χ4n) is 6.66. The largest absolute Gasteiger partial charge is 0.313 e. The summed E-state index contributed by atoms with van der Waals surface area (Å²) in [6, 6.07) is 42.0. The van der Waals surface area contributed by atoms with E-state index >= 15 is 0 Å². The average molecular weight is 537 g/mol. The van der Waals surface area contributed by atoms with Gasteiger partial charge in [0.1, 0.15) is 0 Å². The van der Waals surface area contributed by atoms with Gasteiger partial charge in [-0.1, -0.05) is 72.8 Å². The number of allylic oxidation sites excluding steroid dienone is 1. The van der Waals surface area contributed by atoms with Gasteiger partial charge in [-0.2, -0.15) is 10.5 Å². The molecule has 1 aliphatic rings. The Kier molecular flexibility index (Phi) is 5.36. The zero-order valence-electron chi connectivity index (χ0n) is 22.8. The monoisotopic (exact) mass is 536 g/mol. The Morgan fingerprint density at radius 3 is 2.17 bits per heavy atom. The zero-order chi connectivity index (χ0) is 28.2. The molecule has 4 heteroatoms. The molecule has 2 heterocycles. The number of hydrogen-bond acceptors (Lipinski definition) is 2. The molecular weight excluding hydrogens is 512 g/mol. The molecule has 0 N–H and O–H groups in total. The number of aromatic nitrogens is 2. The normalized spacial score (nSPS) is 12.4. The summed E-state index contributed by atoms with van der Waals surface area (Å²) in [5.41, 5.74) is 10.9. The summed E-state index contributed by atoms with van der Waals surface area (Å²) >= 11 is 0. The smallest absolute Gasteiger partial charge is 0.0998 e. The van der Waals surface area contributed by atoms with Gasteiger partial charge in [-0.3, -0.25) is 0 Å². The first-order valence-corrected chi connectivity index (χ1v) is 14.1. The first-order chi connectivity index (χ1) is 20.8. The molecule has 0 amide bonds. The summed E-state index contributed by atoms with van der Waals surface area (Å²) in [6.45, 7) is 0. The number of hydrogen-bond donors (Lipinski definition) is 0. The topological polar surface area (TPSA) is 57.4 Å². The van der Waals surface area contributed by atoms with Crippen molar-refractivity contribution in [3.63, 3.8) is 0 Å². The van der Waals surface area contributed by atoms with Crippen LogP contribution in [-0.4, -0.2) is 9.13 Å². The third-order valence-corrected chi connectivity index (χ3v) is 8.47. The Labute approximate surface area is 243 Å². The second-order valence-corrected chi connectivity index (χ2v) is 10.7. The number of nitrogens with zero attached hydrogens (tertiary/aromatic N) is 4. The molecule has 0 atom stereocenters. The molecule has 4 nitrogen and oxygen atoms in total. The van der Waals surface area contributed by atoms with E-state index in [4.69, 9.17) is 0 Å². The van der Waals surface area contributed by atoms with Gasteiger partial charge < -0.3 is 9.13 Å². The molecule has 0 radical (unpaired) electrons. The summed E-state index contributed by atoms with van der Waals surface area (Å²) in [6.07, 6.45) is 6.46. The Bertz CT molecular complexity index is 2330. The highest BCUT2D eigenvalue weighted by molar-refractivity contribution is 6.10. The van der Waals surface area contributed by atoms with Crippen LogP contribution in [0.15, 0.2) is 115 Å². The van der Waals surface area contributed by atoms with Gasteiger partial charge in [-0.15, -0.1) is 0 Å². The number of rotatable bonds is 3. The van der Waals surface area contributed by atoms with Gasteiger partial charge in [0.2, 0.25) is 0 Å². The summed E-state index contributed by atoms with van der Waals surface area (Å²) in [5.74, 6) is 0. The fraction of sp³-hybridized carbons (Fsp3) is 0.0526. The minimum absolute atomic E-state index is 0.630. The summed E-state index contributed by atoms with van der Waals surface area (Å²) in [5, 5.41) is 23.4. The molecule has 0 spiro atoms. The van der Waals surface area contributed by atoms with Crippen LogP contribution in [0.2, 0.25) is 0 Å². The number of para-hydroxylation sites is 3. The Hall–Kier alpha value is -5.84. The van der Waals surface area contributed by atoms with Crippen LogP contribution < -0.4 is 0 Å². The molecule has 0 saturated carbocycles. The lowest BCUT2D eigenvalue weighted by Gasteiger charge is -2.17. The van der Waals surface area contributed by atoms with E-state index in [2.05, 4.69) is 94.1 Å². The Balaban J connectivity index is 1.35. The lowest BCUT2D eigenvalue weighted by molar-refractivity contribution is 0.888. The van der Waals surface area contributed by atoms with Crippen LogP contribution >= 0.6 is 0 Å². The highest BCUT2D eigenvalue weighted by atomic mass is 15.0. The van der Waals surface area contributed by atoms with Crippen LogP contribution in [-0.2, 0) is 6.42 Å². The third kappa shape index (κ3) is 3.46. The first kappa shape index (κ1) is 24.0. The molecule has 7 aromatic rings. The maximum Gasteiger partial charge on any atom is 0.0998 e. The predicted octanol–water partition coefficient (Wildman–Crippen LogP) is 9.10. The van der Waals surface area contributed by atoms with Gasteiger partial charge >= 0.3 is 0 Å². The molecule has 1 aliphatic carbocycles. The number of fused-ring (bicyclic) bond motifs is 6. The van der Waals surface area contributed by atoms with E-state index in [0.717, 1.165) is 62.7 Å². The summed E-state index contributed by atoms with van der Waals surface area (Å²) in [7, 11) is 0. The highest BCUT2D eigenvalue weighted by Gasteiger charge is 2.21. The molecule has 0 bridgehead atoms. The molecule has 2 aromatic heterocycles. The molecule has 8 rings (SSSR count). The van der Waals surface area contributed by atoms with E-state index in [1.54, 1.807) is 0 Å². The molecule has 0 aliphatic heterocycles. The van der Waals surface area contributed by atoms with E-state index in [1.807, 2.05) is 48.5 Å². The molecule has 0 unspecified atom stereocenters. The fourth-order valence-corrected chi connectivity index (χ4v) is 6.66. The van der Waals surface area contributed by atoms with Crippen LogP contribution in [0.5, 0.6) is 0 Å². The van der Waals surface area contributed by atoms with Crippen LogP contribution in [0.3, 0.4) is 0 Å². The van der Waals surface area contributed by atoms with Crippen molar-refractivity contribution in [3.8, 4) is 34.6 Å². The van der Waals surface area contributed by atoms with Crippen LogP contribution in [0.25, 0.3) is 61.3 Å². The van der Waals surface area contributed by atoms with Gasteiger partial charge in [-0.25, -0.2) is 0 Å². The van der Waals surface area contributed by atoms with Gasteiger partial charge in [-0.05, 0) is 61.4 Å². The van der Waals surface area contributed by atoms with Crippen molar-refractivity contribution in [2.75, 3.05) is 0 Å². The molecule has 42 heavy (non-hydrogen) atoms. The SMILES string of the molecule is N#Cc1ccc2c(c1)c1ccccc1n2-c1ccccc1-c1ccc(-n2c3c(c4ccccc42)C=CCC3)cc1C#N. The molecular formula is C38H24N4. The average Bonchev–Trinajstić information content (AvgIpc) is 3.57. The molecule has 5 aromatic carbocycles. The van der Waals surface area contributed by atoms with Crippen molar-refractivity contribution < 1.29 is 0 Å². The van der Waals surface area contributed by atoms with Gasteiger partial charge in [0.05, 0.1) is 45.5 Å². The standard InChI is InChI=1S/C38H24N4/c39-23-25-17-20-38-33(21-25)32-12-4-8-16-37(32)42(38)36-15-7-1-9-29(36)28-19-18-27(22-26(28)24-40)41-34-13-5-2-10-30(34)31-11-3-6-14-35(31)41/h1-5,7-13,15-22H,6,14H2. The quantitative estimate of drug-likeness (QED) is 0.226. The van der Waals surface area contributed by atoms with Crippen molar-refractivity contribution in [1.29, 1.82) is 10.5 Å². The van der Waals surface area contributed by atoms with Crippen LogP contribution in [0.4, 0.5) is 0 Å². The van der Waals surface area contributed by atoms with Gasteiger partial charge in [0.25, 0.3) is 0 Å². The molecule has 196 valence electrons. The number of benzene rings is 5. The zero-order valence-corrected chi connectivity index (χ0v) is 22.8. The summed E-state index contributed by atoms with van der Waals surface area (Å²) in [4.78, 5) is 0. The predicted molar refractivity (Wildman–Crippen MR) is 170 cm³/mol. The van der Waals surface area contributed by atoms with E-state index in [0.29, 0.717) is 11.1 Å². The first-order valence-electron chi connectivity index (χ1n) is 14.1. The van der Waals surface area contributed by atoms with Crippen molar-refractivity contribution in [1.82, 2.24) is 9.13 Å². The second kappa shape index (κ2) is 9.37. The molecule has 0 fully saturated rings. The van der Waals surface area contributed by atoms with E-state index < -0.39 is 0 Å². The van der Waals surface area contributed by atoms with Crippen molar-refractivity contribution in [3.05, 3.63) is 138 Å². The Morgan fingerprint density at radius 2 is 1.33 bits per heavy atom. The van der Waals surface area contributed by atoms with Crippen molar-refractivity contribution in [2.45, 2.75) is 12.8 Å². The van der Waals surface area contributed by atoms with Crippen LogP contribution in [0.1, 0.15) is 28.8 Å². The Morgan fingerprint density at radius 1 is 0.595 bits per heavy atom. The van der Waals surface area contributed by atoms with E-state index in [9.17, 15) is 10.5 Å². The minimum Gasteiger partial charge on any atom is -0.313 e. The number of nitriles is 2. The van der Waals surface area contributed by atoms with Crippen molar-refractivity contribution >= 4 is 38.8 Å². The summed E-state index contributed by atoms with van der Waals surface area (Å²) < 4.78 is 4.57. The third-order valence-electron chi connectivity index (χ3n) is 8.47.